The summed E-state index contributed by atoms with van der Waals surface area (Å²) >= 11 is 0. The normalized spacial score (nSPS) is 10.7. The van der Waals surface area contributed by atoms with Gasteiger partial charge in [-0.05, 0) is 18.2 Å². The van der Waals surface area contributed by atoms with Gasteiger partial charge in [-0.25, -0.2) is 0 Å². The van der Waals surface area contributed by atoms with Gasteiger partial charge < -0.3 is 5.32 Å². The van der Waals surface area contributed by atoms with E-state index < -0.39 is 11.7 Å². The highest BCUT2D eigenvalue weighted by Crippen LogP contribution is 2.30. The Labute approximate surface area is 105 Å². The van der Waals surface area contributed by atoms with Gasteiger partial charge in [0.2, 0.25) is 5.91 Å². The number of amides is 1. The Kier molecular flexibility index (Phi) is 6.44. The maximum atomic E-state index is 12.4. The van der Waals surface area contributed by atoms with Crippen molar-refractivity contribution >= 4 is 11.6 Å². The Morgan fingerprint density at radius 3 is 2.22 bits per heavy atom. The number of carbonyl (C=O) groups is 1. The summed E-state index contributed by atoms with van der Waals surface area (Å²) in [5, 5.41) is 2.41. The summed E-state index contributed by atoms with van der Waals surface area (Å²) < 4.78 is 37.1. The number of hydrogen-bond donors (Lipinski definition) is 1. The predicted molar refractivity (Wildman–Crippen MR) is 66.3 cm³/mol. The molecule has 1 aromatic carbocycles. The van der Waals surface area contributed by atoms with Gasteiger partial charge in [-0.1, -0.05) is 33.8 Å². The van der Waals surface area contributed by atoms with E-state index >= 15 is 0 Å². The number of carbonyl (C=O) groups excluding carboxylic acids is 1. The molecule has 0 atom stereocenters. The molecule has 0 saturated carbocycles. The van der Waals surface area contributed by atoms with E-state index in [2.05, 4.69) is 5.32 Å². The molecular formula is C13H18F3NO. The summed E-state index contributed by atoms with van der Waals surface area (Å²) in [6.45, 7) is 7.34. The van der Waals surface area contributed by atoms with Crippen molar-refractivity contribution in [3.8, 4) is 0 Å². The van der Waals surface area contributed by atoms with Gasteiger partial charge in [-0.2, -0.15) is 13.2 Å². The fourth-order valence-corrected chi connectivity index (χ4v) is 1.06. The molecule has 1 rings (SSSR count). The third kappa shape index (κ3) is 5.21. The molecule has 0 aliphatic rings. The van der Waals surface area contributed by atoms with E-state index in [1.165, 1.54) is 12.1 Å². The Morgan fingerprint density at radius 1 is 1.22 bits per heavy atom. The second-order valence-electron chi connectivity index (χ2n) is 3.72. The van der Waals surface area contributed by atoms with Crippen LogP contribution in [0.3, 0.4) is 0 Å². The largest absolute Gasteiger partial charge is 0.416 e. The van der Waals surface area contributed by atoms with E-state index in [1.54, 1.807) is 13.8 Å². The zero-order valence-corrected chi connectivity index (χ0v) is 10.9. The Balaban J connectivity index is 0.00000137. The van der Waals surface area contributed by atoms with Gasteiger partial charge in [0.05, 0.1) is 5.56 Å². The first-order valence-electron chi connectivity index (χ1n) is 5.79. The molecule has 0 fully saturated rings. The van der Waals surface area contributed by atoms with Gasteiger partial charge in [-0.15, -0.1) is 0 Å². The molecule has 102 valence electrons. The van der Waals surface area contributed by atoms with Gasteiger partial charge in [0, 0.05) is 11.6 Å². The quantitative estimate of drug-likeness (QED) is 0.843. The van der Waals surface area contributed by atoms with Gasteiger partial charge in [0.25, 0.3) is 0 Å². The van der Waals surface area contributed by atoms with E-state index in [1.807, 2.05) is 13.8 Å². The number of alkyl halides is 3. The lowest BCUT2D eigenvalue weighted by molar-refractivity contribution is -0.137. The molecule has 18 heavy (non-hydrogen) atoms. The molecule has 1 amide bonds. The van der Waals surface area contributed by atoms with Crippen LogP contribution in [0.4, 0.5) is 18.9 Å². The first-order valence-corrected chi connectivity index (χ1v) is 5.79. The van der Waals surface area contributed by atoms with Crippen molar-refractivity contribution in [1.29, 1.82) is 0 Å². The van der Waals surface area contributed by atoms with Crippen molar-refractivity contribution in [2.24, 2.45) is 5.92 Å². The molecule has 0 aromatic heterocycles. The average molecular weight is 261 g/mol. The number of benzene rings is 1. The molecule has 1 N–H and O–H groups in total. The zero-order chi connectivity index (χ0) is 14.3. The molecule has 0 aliphatic carbocycles. The summed E-state index contributed by atoms with van der Waals surface area (Å²) in [6.07, 6.45) is -4.39. The number of rotatable bonds is 2. The SMILES string of the molecule is CC.CC(C)C(=O)Nc1cccc(C(F)(F)F)c1. The molecule has 0 radical (unpaired) electrons. The van der Waals surface area contributed by atoms with Gasteiger partial charge in [0.15, 0.2) is 0 Å². The van der Waals surface area contributed by atoms with Crippen LogP contribution in [0, 0.1) is 5.92 Å². The second-order valence-corrected chi connectivity index (χ2v) is 3.72. The summed E-state index contributed by atoms with van der Waals surface area (Å²) in [7, 11) is 0. The van der Waals surface area contributed by atoms with Crippen molar-refractivity contribution in [3.63, 3.8) is 0 Å². The molecule has 1 aromatic rings. The first-order chi connectivity index (χ1) is 8.30. The highest BCUT2D eigenvalue weighted by atomic mass is 19.4. The summed E-state index contributed by atoms with van der Waals surface area (Å²) in [5.74, 6) is -0.575. The number of anilines is 1. The minimum atomic E-state index is -4.39. The fraction of sp³-hybridized carbons (Fsp3) is 0.462. The Hall–Kier alpha value is -1.52. The molecule has 2 nitrogen and oxygen atoms in total. The third-order valence-corrected chi connectivity index (χ3v) is 1.98. The molecule has 5 heteroatoms. The highest BCUT2D eigenvalue weighted by Gasteiger charge is 2.30. The van der Waals surface area contributed by atoms with Crippen molar-refractivity contribution in [2.75, 3.05) is 5.32 Å². The van der Waals surface area contributed by atoms with Crippen molar-refractivity contribution in [2.45, 2.75) is 33.9 Å². The van der Waals surface area contributed by atoms with Crippen LogP contribution < -0.4 is 5.32 Å². The predicted octanol–water partition coefficient (Wildman–Crippen LogP) is 4.33. The topological polar surface area (TPSA) is 29.1 Å². The van der Waals surface area contributed by atoms with Crippen molar-refractivity contribution in [3.05, 3.63) is 29.8 Å². The zero-order valence-electron chi connectivity index (χ0n) is 10.9. The van der Waals surface area contributed by atoms with Crippen LogP contribution in [0.2, 0.25) is 0 Å². The van der Waals surface area contributed by atoms with Crippen LogP contribution in [0.25, 0.3) is 0 Å². The van der Waals surface area contributed by atoms with E-state index in [4.69, 9.17) is 0 Å². The maximum absolute atomic E-state index is 12.4. The molecule has 0 aliphatic heterocycles. The molecule has 0 saturated heterocycles. The lowest BCUT2D eigenvalue weighted by atomic mass is 10.1. The minimum absolute atomic E-state index is 0.161. The minimum Gasteiger partial charge on any atom is -0.326 e. The monoisotopic (exact) mass is 261 g/mol. The summed E-state index contributed by atoms with van der Waals surface area (Å²) in [6, 6.07) is 4.57. The van der Waals surface area contributed by atoms with Gasteiger partial charge >= 0.3 is 6.18 Å². The average Bonchev–Trinajstić information content (AvgIpc) is 2.30. The molecule has 0 bridgehead atoms. The molecule has 0 spiro atoms. The maximum Gasteiger partial charge on any atom is 0.416 e. The molecule has 0 unspecified atom stereocenters. The van der Waals surface area contributed by atoms with E-state index in [0.29, 0.717) is 0 Å². The smallest absolute Gasteiger partial charge is 0.326 e. The van der Waals surface area contributed by atoms with Crippen molar-refractivity contribution in [1.82, 2.24) is 0 Å². The van der Waals surface area contributed by atoms with Crippen LogP contribution in [-0.2, 0) is 11.0 Å². The number of nitrogens with one attached hydrogen (secondary N) is 1. The van der Waals surface area contributed by atoms with Gasteiger partial charge in [-0.3, -0.25) is 4.79 Å². The third-order valence-electron chi connectivity index (χ3n) is 1.98. The van der Waals surface area contributed by atoms with Gasteiger partial charge in [0.1, 0.15) is 0 Å². The van der Waals surface area contributed by atoms with E-state index in [0.717, 1.165) is 12.1 Å². The molecule has 0 heterocycles. The fourth-order valence-electron chi connectivity index (χ4n) is 1.06. The van der Waals surface area contributed by atoms with Crippen molar-refractivity contribution < 1.29 is 18.0 Å². The first kappa shape index (κ1) is 16.5. The van der Waals surface area contributed by atoms with E-state index in [9.17, 15) is 18.0 Å². The van der Waals surface area contributed by atoms with Crippen LogP contribution in [0.5, 0.6) is 0 Å². The Morgan fingerprint density at radius 2 is 1.78 bits per heavy atom. The van der Waals surface area contributed by atoms with Crippen LogP contribution in [-0.4, -0.2) is 5.91 Å². The summed E-state index contributed by atoms with van der Waals surface area (Å²) in [5.41, 5.74) is -0.609. The summed E-state index contributed by atoms with van der Waals surface area (Å²) in [4.78, 5) is 11.3. The van der Waals surface area contributed by atoms with E-state index in [-0.39, 0.29) is 17.5 Å². The van der Waals surface area contributed by atoms with Crippen LogP contribution in [0.15, 0.2) is 24.3 Å². The standard InChI is InChI=1S/C11H12F3NO.C2H6/c1-7(2)10(16)15-9-5-3-4-8(6-9)11(12,13)14;1-2/h3-7H,1-2H3,(H,15,16);1-2H3. The van der Waals surface area contributed by atoms with Crippen LogP contribution >= 0.6 is 0 Å². The lowest BCUT2D eigenvalue weighted by Gasteiger charge is -2.10. The highest BCUT2D eigenvalue weighted by molar-refractivity contribution is 5.92. The molecular weight excluding hydrogens is 243 g/mol. The Bertz CT molecular complexity index is 386. The number of halogens is 3. The second kappa shape index (κ2) is 7.03. The number of hydrogen-bond acceptors (Lipinski definition) is 1. The lowest BCUT2D eigenvalue weighted by Crippen LogP contribution is -2.18. The van der Waals surface area contributed by atoms with Crippen LogP contribution in [0.1, 0.15) is 33.3 Å².